The molecule has 0 aromatic heterocycles. The maximum atomic E-state index is 12.8. The molecule has 0 radical (unpaired) electrons. The Kier molecular flexibility index (Phi) is 5.55. The van der Waals surface area contributed by atoms with Crippen molar-refractivity contribution in [1.29, 1.82) is 0 Å². The van der Waals surface area contributed by atoms with Crippen molar-refractivity contribution in [3.63, 3.8) is 0 Å². The molecule has 1 saturated heterocycles. The molecule has 1 spiro atoms. The fourth-order valence-corrected chi connectivity index (χ4v) is 5.52. The van der Waals surface area contributed by atoms with E-state index in [1.165, 1.54) is 4.90 Å². The van der Waals surface area contributed by atoms with Crippen molar-refractivity contribution < 1.29 is 19.2 Å². The molecule has 7 heteroatoms. The lowest BCUT2D eigenvalue weighted by Crippen LogP contribution is -2.54. The molecule has 1 amide bonds. The number of rotatable bonds is 3. The number of methoxy groups -OCH3 is 1. The lowest BCUT2D eigenvalue weighted by molar-refractivity contribution is 0.0497. The molecular formula is C16H30N2O4S. The van der Waals surface area contributed by atoms with E-state index in [0.29, 0.717) is 13.1 Å². The molecule has 6 nitrogen and oxygen atoms in total. The van der Waals surface area contributed by atoms with Gasteiger partial charge < -0.3 is 19.3 Å². The highest BCUT2D eigenvalue weighted by Gasteiger charge is 2.54. The summed E-state index contributed by atoms with van der Waals surface area (Å²) in [7, 11) is 3.67. The first kappa shape index (κ1) is 18.8. The lowest BCUT2D eigenvalue weighted by Gasteiger charge is -2.45. The topological polar surface area (TPSA) is 76.1 Å². The molecule has 1 saturated carbocycles. The van der Waals surface area contributed by atoms with Gasteiger partial charge in [0.05, 0.1) is 12.1 Å². The predicted octanol–water partition coefficient (Wildman–Crippen LogP) is 2.32. The van der Waals surface area contributed by atoms with Crippen LogP contribution in [0.1, 0.15) is 46.5 Å². The lowest BCUT2D eigenvalue weighted by atomic mass is 9.74. The third-order valence-corrected chi connectivity index (χ3v) is 7.24. The third kappa shape index (κ3) is 3.78. The molecule has 134 valence electrons. The molecule has 23 heavy (non-hydrogen) atoms. The second kappa shape index (κ2) is 6.78. The number of amides is 1. The van der Waals surface area contributed by atoms with Gasteiger partial charge in [0.25, 0.3) is 0 Å². The van der Waals surface area contributed by atoms with Crippen LogP contribution in [0.3, 0.4) is 0 Å². The van der Waals surface area contributed by atoms with Crippen molar-refractivity contribution >= 4 is 17.5 Å². The van der Waals surface area contributed by atoms with E-state index in [4.69, 9.17) is 4.74 Å². The average Bonchev–Trinajstić information content (AvgIpc) is 2.83. The Morgan fingerprint density at radius 3 is 2.39 bits per heavy atom. The van der Waals surface area contributed by atoms with E-state index in [-0.39, 0.29) is 22.3 Å². The Morgan fingerprint density at radius 2 is 1.96 bits per heavy atom. The van der Waals surface area contributed by atoms with E-state index in [9.17, 15) is 14.5 Å². The molecule has 3 unspecified atom stereocenters. The van der Waals surface area contributed by atoms with E-state index >= 15 is 0 Å². The highest BCUT2D eigenvalue weighted by atomic mass is 32.2. The largest absolute Gasteiger partial charge is 0.597 e. The Bertz CT molecular complexity index is 432. The van der Waals surface area contributed by atoms with Crippen LogP contribution in [-0.4, -0.2) is 69.1 Å². The first-order valence-electron chi connectivity index (χ1n) is 8.26. The number of piperidine rings is 1. The maximum Gasteiger partial charge on any atom is 0.407 e. The zero-order valence-electron chi connectivity index (χ0n) is 14.9. The van der Waals surface area contributed by atoms with Gasteiger partial charge in [-0.05, 0) is 51.9 Å². The van der Waals surface area contributed by atoms with Crippen LogP contribution in [0.25, 0.3) is 0 Å². The fourth-order valence-electron chi connectivity index (χ4n) is 4.11. The van der Waals surface area contributed by atoms with Gasteiger partial charge >= 0.3 is 6.09 Å². The molecule has 2 fully saturated rings. The Labute approximate surface area is 142 Å². The van der Waals surface area contributed by atoms with Crippen LogP contribution < -0.4 is 0 Å². The summed E-state index contributed by atoms with van der Waals surface area (Å²) in [5.41, 5.74) is 0.00227. The van der Waals surface area contributed by atoms with Crippen molar-refractivity contribution in [2.75, 3.05) is 27.2 Å². The second-order valence-corrected chi connectivity index (χ2v) is 10.2. The van der Waals surface area contributed by atoms with E-state index in [1.807, 2.05) is 32.1 Å². The van der Waals surface area contributed by atoms with Crippen molar-refractivity contribution in [2.24, 2.45) is 5.41 Å². The van der Waals surface area contributed by atoms with Crippen molar-refractivity contribution in [3.05, 3.63) is 0 Å². The third-order valence-electron chi connectivity index (χ3n) is 5.41. The number of likely N-dealkylation sites (tertiary alicyclic amines) is 1. The molecular weight excluding hydrogens is 316 g/mol. The zero-order chi connectivity index (χ0) is 17.4. The van der Waals surface area contributed by atoms with Crippen LogP contribution >= 0.6 is 0 Å². The summed E-state index contributed by atoms with van der Waals surface area (Å²) in [6, 6.07) is 0.170. The number of hydrogen-bond acceptors (Lipinski definition) is 4. The van der Waals surface area contributed by atoms with Crippen molar-refractivity contribution in [2.45, 2.75) is 63.3 Å². The predicted molar refractivity (Wildman–Crippen MR) is 90.7 cm³/mol. The number of nitrogens with zero attached hydrogens (tertiary/aromatic N) is 2. The Morgan fingerprint density at radius 1 is 1.39 bits per heavy atom. The quantitative estimate of drug-likeness (QED) is 0.794. The van der Waals surface area contributed by atoms with E-state index in [0.717, 1.165) is 25.7 Å². The summed E-state index contributed by atoms with van der Waals surface area (Å²) in [4.78, 5) is 12.7. The van der Waals surface area contributed by atoms with Gasteiger partial charge in [-0.15, -0.1) is 4.31 Å². The van der Waals surface area contributed by atoms with E-state index in [1.54, 1.807) is 7.11 Å². The Balaban J connectivity index is 2.18. The SMILES string of the molecule is COC1CC(N(C)[S+]([O-])C(C)(C)C)C2(CCN(C(=O)O)CC2)C1. The number of carboxylic acid groups (broad SMARTS) is 1. The molecule has 1 heterocycles. The summed E-state index contributed by atoms with van der Waals surface area (Å²) < 4.78 is 20.1. The summed E-state index contributed by atoms with van der Waals surface area (Å²) in [5.74, 6) is 0. The Hall–Kier alpha value is -0.500. The van der Waals surface area contributed by atoms with E-state index < -0.39 is 17.5 Å². The van der Waals surface area contributed by atoms with E-state index in [2.05, 4.69) is 0 Å². The smallest absolute Gasteiger partial charge is 0.407 e. The number of carbonyl (C=O) groups is 1. The van der Waals surface area contributed by atoms with Gasteiger partial charge in [-0.2, -0.15) is 0 Å². The van der Waals surface area contributed by atoms with Crippen LogP contribution in [0.4, 0.5) is 4.79 Å². The van der Waals surface area contributed by atoms with Gasteiger partial charge in [-0.1, -0.05) is 0 Å². The van der Waals surface area contributed by atoms with Crippen LogP contribution in [-0.2, 0) is 16.1 Å². The summed E-state index contributed by atoms with van der Waals surface area (Å²) in [5, 5.41) is 9.18. The van der Waals surface area contributed by atoms with Gasteiger partial charge in [0.2, 0.25) is 0 Å². The summed E-state index contributed by atoms with van der Waals surface area (Å²) in [6.45, 7) is 7.07. The van der Waals surface area contributed by atoms with Crippen LogP contribution in [0.15, 0.2) is 0 Å². The van der Waals surface area contributed by atoms with Gasteiger partial charge in [-0.3, -0.25) is 0 Å². The number of hydrogen-bond donors (Lipinski definition) is 1. The minimum Gasteiger partial charge on any atom is -0.597 e. The van der Waals surface area contributed by atoms with Gasteiger partial charge in [0, 0.05) is 38.6 Å². The molecule has 0 aromatic carbocycles. The maximum absolute atomic E-state index is 12.8. The first-order chi connectivity index (χ1) is 10.6. The van der Waals surface area contributed by atoms with Crippen molar-refractivity contribution in [3.8, 4) is 0 Å². The average molecular weight is 346 g/mol. The number of ether oxygens (including phenoxy) is 1. The molecule has 3 atom stereocenters. The molecule has 2 aliphatic rings. The molecule has 2 rings (SSSR count). The fraction of sp³-hybridized carbons (Fsp3) is 0.938. The van der Waals surface area contributed by atoms with Crippen LogP contribution in [0, 0.1) is 5.41 Å². The molecule has 0 bridgehead atoms. The van der Waals surface area contributed by atoms with Gasteiger partial charge in [0.1, 0.15) is 4.75 Å². The van der Waals surface area contributed by atoms with Crippen molar-refractivity contribution in [1.82, 2.24) is 9.21 Å². The zero-order valence-corrected chi connectivity index (χ0v) is 15.7. The summed E-state index contributed by atoms with van der Waals surface area (Å²) in [6.07, 6.45) is 2.74. The summed E-state index contributed by atoms with van der Waals surface area (Å²) >= 11 is -1.09. The van der Waals surface area contributed by atoms with Gasteiger partial charge in [-0.25, -0.2) is 4.79 Å². The standard InChI is InChI=1S/C16H30N2O4S/c1-15(2,3)23(21)17(4)13-10-12(22-5)11-16(13)6-8-18(9-7-16)14(19)20/h12-13H,6-11H2,1-5H3,(H,19,20). The monoisotopic (exact) mass is 346 g/mol. The van der Waals surface area contributed by atoms with Crippen LogP contribution in [0.2, 0.25) is 0 Å². The first-order valence-corrected chi connectivity index (χ1v) is 9.37. The van der Waals surface area contributed by atoms with Crippen LogP contribution in [0.5, 0.6) is 0 Å². The highest BCUT2D eigenvalue weighted by Crippen LogP contribution is 2.50. The molecule has 1 N–H and O–H groups in total. The minimum absolute atomic E-state index is 0.00227. The minimum atomic E-state index is -1.09. The second-order valence-electron chi connectivity index (χ2n) is 7.85. The highest BCUT2D eigenvalue weighted by molar-refractivity contribution is 7.90. The van der Waals surface area contributed by atoms with Gasteiger partial charge in [0.15, 0.2) is 0 Å². The molecule has 0 aromatic rings. The molecule has 1 aliphatic heterocycles. The molecule has 1 aliphatic carbocycles. The normalized spacial score (nSPS) is 29.3.